The van der Waals surface area contributed by atoms with Crippen molar-refractivity contribution in [2.45, 2.75) is 18.2 Å². The Bertz CT molecular complexity index is 444. The average molecular weight is 314 g/mol. The summed E-state index contributed by atoms with van der Waals surface area (Å²) in [5.41, 5.74) is 1.62. The number of benzene rings is 1. The molecule has 3 nitrogen and oxygen atoms in total. The predicted octanol–water partition coefficient (Wildman–Crippen LogP) is 3.81. The van der Waals surface area contributed by atoms with Crippen LogP contribution in [-0.2, 0) is 9.53 Å². The molecule has 1 rings (SSSR count). The highest BCUT2D eigenvalue weighted by molar-refractivity contribution is 9.09. The van der Waals surface area contributed by atoms with Crippen molar-refractivity contribution in [2.24, 2.45) is 4.99 Å². The minimum absolute atomic E-state index is 0.134. The summed E-state index contributed by atoms with van der Waals surface area (Å²) in [6.45, 7) is 2.17. The summed E-state index contributed by atoms with van der Waals surface area (Å²) in [6.07, 6.45) is 0.262. The number of aliphatic imine (C=N–C) groups is 1. The zero-order chi connectivity index (χ0) is 12.7. The van der Waals surface area contributed by atoms with E-state index in [9.17, 15) is 4.79 Å². The monoisotopic (exact) mass is 313 g/mol. The van der Waals surface area contributed by atoms with E-state index in [-0.39, 0.29) is 17.2 Å². The fraction of sp³-hybridized carbons (Fsp3) is 0.333. The highest BCUT2D eigenvalue weighted by Gasteiger charge is 2.16. The molecule has 1 unspecified atom stereocenters. The largest absolute Gasteiger partial charge is 0.466 e. The SMILES string of the molecule is CCOC(=O)CC(Br)c1ccccc1N=C=S. The number of ether oxygens (including phenoxy) is 1. The molecule has 0 aliphatic heterocycles. The summed E-state index contributed by atoms with van der Waals surface area (Å²) >= 11 is 8.04. The fourth-order valence-electron chi connectivity index (χ4n) is 1.38. The number of isothiocyanates is 1. The van der Waals surface area contributed by atoms with E-state index in [0.29, 0.717) is 12.3 Å². The van der Waals surface area contributed by atoms with Crippen molar-refractivity contribution >= 4 is 45.0 Å². The Morgan fingerprint density at radius 3 is 2.94 bits per heavy atom. The zero-order valence-corrected chi connectivity index (χ0v) is 11.8. The van der Waals surface area contributed by atoms with Crippen LogP contribution in [0, 0.1) is 0 Å². The topological polar surface area (TPSA) is 38.7 Å². The standard InChI is InChI=1S/C12H12BrNO2S/c1-2-16-12(15)7-10(13)9-5-3-4-6-11(9)14-8-17/h3-6,10H,2,7H2,1H3. The summed E-state index contributed by atoms with van der Waals surface area (Å²) in [5.74, 6) is -0.240. The van der Waals surface area contributed by atoms with Crippen molar-refractivity contribution in [3.63, 3.8) is 0 Å². The van der Waals surface area contributed by atoms with Gasteiger partial charge in [0.15, 0.2) is 0 Å². The van der Waals surface area contributed by atoms with Gasteiger partial charge in [0.25, 0.3) is 0 Å². The minimum atomic E-state index is -0.240. The number of para-hydroxylation sites is 1. The average Bonchev–Trinajstić information content (AvgIpc) is 2.30. The fourth-order valence-corrected chi connectivity index (χ4v) is 2.13. The maximum Gasteiger partial charge on any atom is 0.307 e. The lowest BCUT2D eigenvalue weighted by Gasteiger charge is -2.11. The van der Waals surface area contributed by atoms with Crippen molar-refractivity contribution < 1.29 is 9.53 Å². The molecule has 0 heterocycles. The molecule has 1 aromatic rings. The van der Waals surface area contributed by atoms with Gasteiger partial charge in [0.2, 0.25) is 0 Å². The number of thiocarbonyl (C=S) groups is 1. The number of halogens is 1. The van der Waals surface area contributed by atoms with Crippen LogP contribution in [0.5, 0.6) is 0 Å². The van der Waals surface area contributed by atoms with Gasteiger partial charge in [-0.15, -0.1) is 0 Å². The van der Waals surface area contributed by atoms with Gasteiger partial charge < -0.3 is 4.74 Å². The van der Waals surface area contributed by atoms with E-state index in [1.165, 1.54) is 0 Å². The normalized spacial score (nSPS) is 11.4. The molecule has 90 valence electrons. The molecule has 0 aliphatic rings. The summed E-state index contributed by atoms with van der Waals surface area (Å²) in [6, 6.07) is 7.47. The molecule has 0 radical (unpaired) electrons. The van der Waals surface area contributed by atoms with E-state index in [1.54, 1.807) is 6.92 Å². The number of alkyl halides is 1. The lowest BCUT2D eigenvalue weighted by Crippen LogP contribution is -2.07. The van der Waals surface area contributed by atoms with Crippen LogP contribution in [-0.4, -0.2) is 17.7 Å². The lowest BCUT2D eigenvalue weighted by molar-refractivity contribution is -0.143. The molecule has 0 aliphatic carbocycles. The van der Waals surface area contributed by atoms with Gasteiger partial charge in [0, 0.05) is 0 Å². The van der Waals surface area contributed by atoms with Gasteiger partial charge in [-0.1, -0.05) is 34.1 Å². The van der Waals surface area contributed by atoms with E-state index in [1.807, 2.05) is 24.3 Å². The molecule has 17 heavy (non-hydrogen) atoms. The maximum atomic E-state index is 11.4. The molecule has 1 atom stereocenters. The smallest absolute Gasteiger partial charge is 0.307 e. The number of rotatable bonds is 5. The number of nitrogens with zero attached hydrogens (tertiary/aromatic N) is 1. The van der Waals surface area contributed by atoms with E-state index in [4.69, 9.17) is 4.74 Å². The highest BCUT2D eigenvalue weighted by atomic mass is 79.9. The van der Waals surface area contributed by atoms with Gasteiger partial charge in [0.1, 0.15) is 0 Å². The number of esters is 1. The van der Waals surface area contributed by atoms with Crippen molar-refractivity contribution in [3.05, 3.63) is 29.8 Å². The van der Waals surface area contributed by atoms with E-state index in [2.05, 4.69) is 38.3 Å². The third-order valence-corrected chi connectivity index (χ3v) is 3.00. The Morgan fingerprint density at radius 1 is 1.59 bits per heavy atom. The van der Waals surface area contributed by atoms with Crippen LogP contribution < -0.4 is 0 Å². The number of carbonyl (C=O) groups is 1. The van der Waals surface area contributed by atoms with Gasteiger partial charge >= 0.3 is 5.97 Å². The van der Waals surface area contributed by atoms with Crippen LogP contribution in [0.25, 0.3) is 0 Å². The van der Waals surface area contributed by atoms with Crippen molar-refractivity contribution in [2.75, 3.05) is 6.61 Å². The molecular formula is C12H12BrNO2S. The molecule has 0 saturated heterocycles. The molecule has 0 spiro atoms. The number of carbonyl (C=O) groups excluding carboxylic acids is 1. The molecule has 1 aromatic carbocycles. The van der Waals surface area contributed by atoms with Crippen LogP contribution in [0.2, 0.25) is 0 Å². The van der Waals surface area contributed by atoms with Crippen LogP contribution in [0.15, 0.2) is 29.3 Å². The van der Waals surface area contributed by atoms with Crippen LogP contribution in [0.4, 0.5) is 5.69 Å². The molecule has 0 aromatic heterocycles. The van der Waals surface area contributed by atoms with Gasteiger partial charge in [0.05, 0.1) is 28.7 Å². The summed E-state index contributed by atoms with van der Waals surface area (Å²) in [4.78, 5) is 15.2. The van der Waals surface area contributed by atoms with E-state index >= 15 is 0 Å². The molecular weight excluding hydrogens is 302 g/mol. The summed E-state index contributed by atoms with van der Waals surface area (Å²) in [7, 11) is 0. The Hall–Kier alpha value is -1.03. The summed E-state index contributed by atoms with van der Waals surface area (Å²) < 4.78 is 4.90. The van der Waals surface area contributed by atoms with Crippen LogP contribution >= 0.6 is 28.1 Å². The molecule has 0 amide bonds. The second-order valence-corrected chi connectivity index (χ2v) is 4.53. The molecule has 0 bridgehead atoms. The zero-order valence-electron chi connectivity index (χ0n) is 9.35. The third-order valence-electron chi connectivity index (χ3n) is 2.09. The predicted molar refractivity (Wildman–Crippen MR) is 74.0 cm³/mol. The number of hydrogen-bond donors (Lipinski definition) is 0. The second-order valence-electron chi connectivity index (χ2n) is 3.24. The molecule has 0 fully saturated rings. The quantitative estimate of drug-likeness (QED) is 0.359. The molecule has 0 N–H and O–H groups in total. The Labute approximate surface area is 114 Å². The Balaban J connectivity index is 2.84. The van der Waals surface area contributed by atoms with Gasteiger partial charge in [-0.05, 0) is 30.8 Å². The second kappa shape index (κ2) is 7.33. The first-order valence-electron chi connectivity index (χ1n) is 5.15. The first kappa shape index (κ1) is 14.0. The van der Waals surface area contributed by atoms with Crippen molar-refractivity contribution in [1.29, 1.82) is 0 Å². The molecule has 0 saturated carbocycles. The van der Waals surface area contributed by atoms with Crippen molar-refractivity contribution in [3.8, 4) is 0 Å². The summed E-state index contributed by atoms with van der Waals surface area (Å²) in [5, 5.41) is 2.33. The highest BCUT2D eigenvalue weighted by Crippen LogP contribution is 2.33. The first-order valence-corrected chi connectivity index (χ1v) is 6.48. The van der Waals surface area contributed by atoms with Crippen LogP contribution in [0.3, 0.4) is 0 Å². The van der Waals surface area contributed by atoms with Gasteiger partial charge in [-0.3, -0.25) is 4.79 Å². The first-order chi connectivity index (χ1) is 8.19. The minimum Gasteiger partial charge on any atom is -0.466 e. The third kappa shape index (κ3) is 4.38. The van der Waals surface area contributed by atoms with Gasteiger partial charge in [-0.2, -0.15) is 4.99 Å². The molecule has 5 heteroatoms. The lowest BCUT2D eigenvalue weighted by atomic mass is 10.1. The van der Waals surface area contributed by atoms with Crippen LogP contribution in [0.1, 0.15) is 23.7 Å². The van der Waals surface area contributed by atoms with Crippen molar-refractivity contribution in [1.82, 2.24) is 0 Å². The van der Waals surface area contributed by atoms with Gasteiger partial charge in [-0.25, -0.2) is 0 Å². The number of hydrogen-bond acceptors (Lipinski definition) is 4. The Kier molecular flexibility index (Phi) is 6.05. The van der Waals surface area contributed by atoms with E-state index in [0.717, 1.165) is 5.56 Å². The van der Waals surface area contributed by atoms with E-state index < -0.39 is 0 Å². The Morgan fingerprint density at radius 2 is 2.29 bits per heavy atom. The maximum absolute atomic E-state index is 11.4.